The average Bonchev–Trinajstić information content (AvgIpc) is 2.92. The molecule has 2 atom stereocenters. The predicted octanol–water partition coefficient (Wildman–Crippen LogP) is 2.71. The molecule has 2 unspecified atom stereocenters. The Morgan fingerprint density at radius 1 is 1.53 bits per heavy atom. The number of ether oxygens (including phenoxy) is 1. The van der Waals surface area contributed by atoms with Gasteiger partial charge in [-0.1, -0.05) is 6.07 Å². The van der Waals surface area contributed by atoms with Gasteiger partial charge in [0.15, 0.2) is 0 Å². The van der Waals surface area contributed by atoms with Crippen LogP contribution in [0.4, 0.5) is 4.39 Å². The Morgan fingerprint density at radius 2 is 2.42 bits per heavy atom. The van der Waals surface area contributed by atoms with Crippen molar-refractivity contribution in [1.82, 2.24) is 5.43 Å². The molecule has 1 aliphatic heterocycles. The highest BCUT2D eigenvalue weighted by molar-refractivity contribution is 7.99. The van der Waals surface area contributed by atoms with Crippen LogP contribution in [-0.4, -0.2) is 24.5 Å². The highest BCUT2D eigenvalue weighted by Gasteiger charge is 2.17. The largest absolute Gasteiger partial charge is 0.378 e. The van der Waals surface area contributed by atoms with Crippen LogP contribution in [0.25, 0.3) is 0 Å². The summed E-state index contributed by atoms with van der Waals surface area (Å²) in [6.45, 7) is 0.892. The van der Waals surface area contributed by atoms with Crippen molar-refractivity contribution in [3.05, 3.63) is 30.1 Å². The highest BCUT2D eigenvalue weighted by atomic mass is 32.2. The van der Waals surface area contributed by atoms with E-state index in [4.69, 9.17) is 10.6 Å². The van der Waals surface area contributed by atoms with Gasteiger partial charge in [0.1, 0.15) is 5.82 Å². The van der Waals surface area contributed by atoms with Crippen molar-refractivity contribution >= 4 is 11.8 Å². The van der Waals surface area contributed by atoms with Crippen molar-refractivity contribution in [3.63, 3.8) is 0 Å². The summed E-state index contributed by atoms with van der Waals surface area (Å²) in [5.41, 5.74) is 2.84. The Labute approximate surface area is 118 Å². The van der Waals surface area contributed by atoms with Crippen molar-refractivity contribution in [3.8, 4) is 0 Å². The molecule has 1 fully saturated rings. The van der Waals surface area contributed by atoms with E-state index in [0.717, 1.165) is 36.5 Å². The lowest BCUT2D eigenvalue weighted by Crippen LogP contribution is -2.37. The fraction of sp³-hybridized carbons (Fsp3) is 0.571. The van der Waals surface area contributed by atoms with Gasteiger partial charge in [-0.15, -0.1) is 11.8 Å². The first-order chi connectivity index (χ1) is 9.28. The van der Waals surface area contributed by atoms with Crippen LogP contribution in [0.5, 0.6) is 0 Å². The predicted molar refractivity (Wildman–Crippen MR) is 76.4 cm³/mol. The highest BCUT2D eigenvalue weighted by Crippen LogP contribution is 2.22. The molecule has 3 nitrogen and oxygen atoms in total. The van der Waals surface area contributed by atoms with Crippen LogP contribution in [0, 0.1) is 5.82 Å². The van der Waals surface area contributed by atoms with E-state index < -0.39 is 0 Å². The van der Waals surface area contributed by atoms with Crippen LogP contribution in [0.15, 0.2) is 29.2 Å². The van der Waals surface area contributed by atoms with Crippen LogP contribution >= 0.6 is 11.8 Å². The molecule has 0 radical (unpaired) electrons. The minimum Gasteiger partial charge on any atom is -0.378 e. The fourth-order valence-corrected chi connectivity index (χ4v) is 3.25. The van der Waals surface area contributed by atoms with Crippen LogP contribution in [0.2, 0.25) is 0 Å². The average molecular weight is 284 g/mol. The normalized spacial score (nSPS) is 20.6. The molecule has 1 aromatic rings. The zero-order valence-corrected chi connectivity index (χ0v) is 11.8. The molecule has 3 N–H and O–H groups in total. The molecule has 1 heterocycles. The molecule has 1 aromatic carbocycles. The van der Waals surface area contributed by atoms with E-state index in [-0.39, 0.29) is 11.9 Å². The minimum atomic E-state index is -0.193. The van der Waals surface area contributed by atoms with Gasteiger partial charge in [0.25, 0.3) is 0 Å². The van der Waals surface area contributed by atoms with Crippen LogP contribution in [0.3, 0.4) is 0 Å². The van der Waals surface area contributed by atoms with Gasteiger partial charge >= 0.3 is 0 Å². The number of hydrazine groups is 1. The second-order valence-electron chi connectivity index (χ2n) is 4.84. The summed E-state index contributed by atoms with van der Waals surface area (Å²) >= 11 is 1.63. The lowest BCUT2D eigenvalue weighted by atomic mass is 10.1. The summed E-state index contributed by atoms with van der Waals surface area (Å²) in [5, 5.41) is 0. The molecule has 106 valence electrons. The third-order valence-corrected chi connectivity index (χ3v) is 4.50. The van der Waals surface area contributed by atoms with Crippen molar-refractivity contribution < 1.29 is 9.13 Å². The van der Waals surface area contributed by atoms with Gasteiger partial charge in [0.05, 0.1) is 6.10 Å². The number of hydrogen-bond acceptors (Lipinski definition) is 4. The second kappa shape index (κ2) is 7.85. The topological polar surface area (TPSA) is 47.3 Å². The molecule has 19 heavy (non-hydrogen) atoms. The molecule has 0 amide bonds. The zero-order chi connectivity index (χ0) is 13.5. The smallest absolute Gasteiger partial charge is 0.124 e. The molecule has 0 aliphatic carbocycles. The summed E-state index contributed by atoms with van der Waals surface area (Å²) in [5.74, 6) is 6.22. The van der Waals surface area contributed by atoms with Crippen molar-refractivity contribution in [2.24, 2.45) is 5.84 Å². The standard InChI is InChI=1S/C14H21FN2OS/c15-11-3-1-5-14(9-11)19-10-12(17-16)6-7-13-4-2-8-18-13/h1,3,5,9,12-13,17H,2,4,6-8,10,16H2. The molecular formula is C14H21FN2OS. The molecule has 1 aliphatic rings. The Balaban J connectivity index is 1.72. The quantitative estimate of drug-likeness (QED) is 0.459. The van der Waals surface area contributed by atoms with Gasteiger partial charge in [-0.05, 0) is 43.9 Å². The Hall–Kier alpha value is -0.620. The molecule has 2 rings (SSSR count). The molecule has 5 heteroatoms. The number of nitrogens with one attached hydrogen (secondary N) is 1. The number of nitrogens with two attached hydrogens (primary N) is 1. The van der Waals surface area contributed by atoms with Gasteiger partial charge < -0.3 is 4.74 Å². The number of rotatable bonds is 7. The van der Waals surface area contributed by atoms with Gasteiger partial charge in [0, 0.05) is 23.3 Å². The van der Waals surface area contributed by atoms with Gasteiger partial charge in [0.2, 0.25) is 0 Å². The first-order valence-corrected chi connectivity index (χ1v) is 7.72. The van der Waals surface area contributed by atoms with Gasteiger partial charge in [-0.2, -0.15) is 0 Å². The van der Waals surface area contributed by atoms with Crippen LogP contribution in [-0.2, 0) is 4.74 Å². The van der Waals surface area contributed by atoms with Crippen LogP contribution < -0.4 is 11.3 Å². The third kappa shape index (κ3) is 5.10. The van der Waals surface area contributed by atoms with E-state index in [9.17, 15) is 4.39 Å². The summed E-state index contributed by atoms with van der Waals surface area (Å²) < 4.78 is 18.7. The van der Waals surface area contributed by atoms with E-state index in [1.807, 2.05) is 6.07 Å². The van der Waals surface area contributed by atoms with Crippen molar-refractivity contribution in [1.29, 1.82) is 0 Å². The van der Waals surface area contributed by atoms with Gasteiger partial charge in [-0.25, -0.2) is 4.39 Å². The fourth-order valence-electron chi connectivity index (χ4n) is 2.23. The Kier molecular flexibility index (Phi) is 6.10. The zero-order valence-electron chi connectivity index (χ0n) is 11.0. The lowest BCUT2D eigenvalue weighted by Gasteiger charge is -2.17. The maximum absolute atomic E-state index is 13.1. The first kappa shape index (κ1) is 14.8. The molecule has 0 aromatic heterocycles. The van der Waals surface area contributed by atoms with Crippen LogP contribution in [0.1, 0.15) is 25.7 Å². The van der Waals surface area contributed by atoms with E-state index >= 15 is 0 Å². The summed E-state index contributed by atoms with van der Waals surface area (Å²) in [4.78, 5) is 0.942. The molecule has 0 bridgehead atoms. The van der Waals surface area contributed by atoms with E-state index in [2.05, 4.69) is 5.43 Å². The Bertz CT molecular complexity index is 385. The molecule has 1 saturated heterocycles. The Morgan fingerprint density at radius 3 is 3.11 bits per heavy atom. The maximum atomic E-state index is 13.1. The number of halogens is 1. The van der Waals surface area contributed by atoms with E-state index in [0.29, 0.717) is 6.10 Å². The SMILES string of the molecule is NNC(CCC1CCCO1)CSc1cccc(F)c1. The number of benzene rings is 1. The number of thioether (sulfide) groups is 1. The summed E-state index contributed by atoms with van der Waals surface area (Å²) in [6.07, 6.45) is 4.76. The van der Waals surface area contributed by atoms with Crippen molar-refractivity contribution in [2.75, 3.05) is 12.4 Å². The number of hydrogen-bond donors (Lipinski definition) is 2. The monoisotopic (exact) mass is 284 g/mol. The third-order valence-electron chi connectivity index (χ3n) is 3.34. The molecular weight excluding hydrogens is 263 g/mol. The van der Waals surface area contributed by atoms with Gasteiger partial charge in [-0.3, -0.25) is 11.3 Å². The lowest BCUT2D eigenvalue weighted by molar-refractivity contribution is 0.100. The van der Waals surface area contributed by atoms with E-state index in [1.54, 1.807) is 23.9 Å². The summed E-state index contributed by atoms with van der Waals surface area (Å²) in [6, 6.07) is 6.90. The maximum Gasteiger partial charge on any atom is 0.124 e. The molecule has 0 spiro atoms. The first-order valence-electron chi connectivity index (χ1n) is 6.74. The summed E-state index contributed by atoms with van der Waals surface area (Å²) in [7, 11) is 0. The van der Waals surface area contributed by atoms with Crippen molar-refractivity contribution in [2.45, 2.75) is 42.7 Å². The molecule has 0 saturated carbocycles. The van der Waals surface area contributed by atoms with E-state index in [1.165, 1.54) is 12.5 Å². The second-order valence-corrected chi connectivity index (χ2v) is 5.94. The minimum absolute atomic E-state index is 0.193.